The van der Waals surface area contributed by atoms with Gasteiger partial charge in [0, 0.05) is 4.90 Å². The quantitative estimate of drug-likeness (QED) is 0.915. The minimum absolute atomic E-state index is 0.0730. The Morgan fingerprint density at radius 2 is 1.94 bits per heavy atom. The second-order valence-electron chi connectivity index (χ2n) is 4.01. The highest BCUT2D eigenvalue weighted by Gasteiger charge is 2.06. The maximum absolute atomic E-state index is 10.8. The lowest BCUT2D eigenvalue weighted by Gasteiger charge is -2.05. The number of benzene rings is 1. The van der Waals surface area contributed by atoms with Gasteiger partial charge in [0.1, 0.15) is 10.7 Å². The van der Waals surface area contributed by atoms with Crippen LogP contribution >= 0.6 is 11.8 Å². The number of rotatable bonds is 3. The van der Waals surface area contributed by atoms with Crippen molar-refractivity contribution in [2.24, 2.45) is 0 Å². The van der Waals surface area contributed by atoms with Crippen LogP contribution < -0.4 is 0 Å². The van der Waals surface area contributed by atoms with Crippen molar-refractivity contribution in [3.8, 4) is 0 Å². The first-order valence-corrected chi connectivity index (χ1v) is 6.33. The van der Waals surface area contributed by atoms with Crippen LogP contribution in [0.1, 0.15) is 21.6 Å². The Hall–Kier alpha value is -1.81. The highest BCUT2D eigenvalue weighted by molar-refractivity contribution is 7.99. The third-order valence-electron chi connectivity index (χ3n) is 2.64. The van der Waals surface area contributed by atoms with Crippen molar-refractivity contribution in [1.82, 2.24) is 4.98 Å². The molecule has 0 atom stereocenters. The van der Waals surface area contributed by atoms with Gasteiger partial charge < -0.3 is 5.11 Å². The van der Waals surface area contributed by atoms with Gasteiger partial charge in [0.2, 0.25) is 0 Å². The molecule has 3 nitrogen and oxygen atoms in total. The number of aromatic carboxylic acids is 1. The first-order valence-electron chi connectivity index (χ1n) is 5.52. The maximum atomic E-state index is 10.8. The number of aryl methyl sites for hydroxylation is 2. The van der Waals surface area contributed by atoms with Crippen LogP contribution in [0.5, 0.6) is 0 Å². The molecular formula is C14H13NO2S. The van der Waals surface area contributed by atoms with Gasteiger partial charge in [0.15, 0.2) is 0 Å². The summed E-state index contributed by atoms with van der Waals surface area (Å²) in [6.45, 7) is 4.12. The first-order chi connectivity index (χ1) is 8.56. The minimum Gasteiger partial charge on any atom is -0.477 e. The fraction of sp³-hybridized carbons (Fsp3) is 0.143. The number of carbonyl (C=O) groups is 1. The zero-order chi connectivity index (χ0) is 13.1. The van der Waals surface area contributed by atoms with Gasteiger partial charge in [-0.1, -0.05) is 23.9 Å². The van der Waals surface area contributed by atoms with Crippen LogP contribution in [0.4, 0.5) is 0 Å². The molecule has 2 aromatic rings. The summed E-state index contributed by atoms with van der Waals surface area (Å²) in [6, 6.07) is 11.2. The van der Waals surface area contributed by atoms with Crippen LogP contribution in [-0.4, -0.2) is 16.1 Å². The molecule has 0 saturated heterocycles. The Labute approximate surface area is 110 Å². The fourth-order valence-corrected chi connectivity index (χ4v) is 2.39. The molecular weight excluding hydrogens is 246 g/mol. The third-order valence-corrected chi connectivity index (χ3v) is 3.57. The first kappa shape index (κ1) is 12.6. The van der Waals surface area contributed by atoms with Crippen LogP contribution in [0.2, 0.25) is 0 Å². The van der Waals surface area contributed by atoms with Gasteiger partial charge in [-0.3, -0.25) is 0 Å². The van der Waals surface area contributed by atoms with Crippen LogP contribution in [0.3, 0.4) is 0 Å². The van der Waals surface area contributed by atoms with Gasteiger partial charge >= 0.3 is 5.97 Å². The van der Waals surface area contributed by atoms with Gasteiger partial charge in [0.05, 0.1) is 0 Å². The number of aromatic nitrogens is 1. The molecule has 0 aliphatic heterocycles. The van der Waals surface area contributed by atoms with E-state index in [1.165, 1.54) is 29.0 Å². The topological polar surface area (TPSA) is 50.2 Å². The lowest BCUT2D eigenvalue weighted by atomic mass is 10.1. The molecule has 18 heavy (non-hydrogen) atoms. The van der Waals surface area contributed by atoms with Crippen molar-refractivity contribution >= 4 is 17.7 Å². The standard InChI is InChI=1S/C14H13NO2S/c1-9-6-7-11(8-10(9)2)18-13-5-3-4-12(15-13)14(16)17/h3-8H,1-2H3,(H,16,17). The fourth-order valence-electron chi connectivity index (χ4n) is 1.49. The summed E-state index contributed by atoms with van der Waals surface area (Å²) in [5.41, 5.74) is 2.53. The van der Waals surface area contributed by atoms with Gasteiger partial charge in [0.25, 0.3) is 0 Å². The molecule has 0 saturated carbocycles. The molecule has 1 aromatic heterocycles. The second-order valence-corrected chi connectivity index (χ2v) is 5.11. The summed E-state index contributed by atoms with van der Waals surface area (Å²) in [5, 5.41) is 9.58. The maximum Gasteiger partial charge on any atom is 0.354 e. The summed E-state index contributed by atoms with van der Waals surface area (Å²) >= 11 is 1.47. The predicted molar refractivity (Wildman–Crippen MR) is 71.2 cm³/mol. The van der Waals surface area contributed by atoms with E-state index in [0.717, 1.165) is 4.90 Å². The zero-order valence-corrected chi connectivity index (χ0v) is 11.0. The third kappa shape index (κ3) is 2.90. The Bertz CT molecular complexity index is 596. The number of hydrogen-bond donors (Lipinski definition) is 1. The SMILES string of the molecule is Cc1ccc(Sc2cccc(C(=O)O)n2)cc1C. The number of pyridine rings is 1. The van der Waals surface area contributed by atoms with Gasteiger partial charge in [-0.25, -0.2) is 9.78 Å². The van der Waals surface area contributed by atoms with Crippen molar-refractivity contribution in [3.63, 3.8) is 0 Å². The summed E-state index contributed by atoms with van der Waals surface area (Å²) < 4.78 is 0. The van der Waals surface area contributed by atoms with E-state index in [1.807, 2.05) is 12.1 Å². The molecule has 1 heterocycles. The Balaban J connectivity index is 2.25. The van der Waals surface area contributed by atoms with Crippen molar-refractivity contribution in [1.29, 1.82) is 0 Å². The van der Waals surface area contributed by atoms with Crippen molar-refractivity contribution in [3.05, 3.63) is 53.2 Å². The smallest absolute Gasteiger partial charge is 0.354 e. The average Bonchev–Trinajstić information content (AvgIpc) is 2.34. The molecule has 2 rings (SSSR count). The van der Waals surface area contributed by atoms with E-state index >= 15 is 0 Å². The molecule has 1 aromatic carbocycles. The summed E-state index contributed by atoms with van der Waals surface area (Å²) in [7, 11) is 0. The molecule has 0 bridgehead atoms. The monoisotopic (exact) mass is 259 g/mol. The predicted octanol–water partition coefficient (Wildman–Crippen LogP) is 3.55. The average molecular weight is 259 g/mol. The number of carboxylic acids is 1. The molecule has 0 unspecified atom stereocenters. The van der Waals surface area contributed by atoms with E-state index in [4.69, 9.17) is 5.11 Å². The highest BCUT2D eigenvalue weighted by atomic mass is 32.2. The largest absolute Gasteiger partial charge is 0.477 e. The van der Waals surface area contributed by atoms with E-state index in [1.54, 1.807) is 6.07 Å². The molecule has 0 radical (unpaired) electrons. The van der Waals surface area contributed by atoms with Gasteiger partial charge in [-0.2, -0.15) is 0 Å². The second kappa shape index (κ2) is 5.23. The Morgan fingerprint density at radius 3 is 2.61 bits per heavy atom. The Kier molecular flexibility index (Phi) is 3.67. The van der Waals surface area contributed by atoms with Crippen molar-refractivity contribution < 1.29 is 9.90 Å². The van der Waals surface area contributed by atoms with Crippen molar-refractivity contribution in [2.75, 3.05) is 0 Å². The Morgan fingerprint density at radius 1 is 1.17 bits per heavy atom. The molecule has 0 fully saturated rings. The van der Waals surface area contributed by atoms with Gasteiger partial charge in [-0.15, -0.1) is 0 Å². The molecule has 92 valence electrons. The minimum atomic E-state index is -1.00. The lowest BCUT2D eigenvalue weighted by molar-refractivity contribution is 0.0689. The molecule has 1 N–H and O–H groups in total. The van der Waals surface area contributed by atoms with Gasteiger partial charge in [-0.05, 0) is 49.2 Å². The number of hydrogen-bond acceptors (Lipinski definition) is 3. The molecule has 0 aliphatic carbocycles. The summed E-state index contributed by atoms with van der Waals surface area (Å²) in [6.07, 6.45) is 0. The van der Waals surface area contributed by atoms with Crippen LogP contribution in [0, 0.1) is 13.8 Å². The molecule has 0 aliphatic rings. The van der Waals surface area contributed by atoms with Crippen LogP contribution in [-0.2, 0) is 0 Å². The lowest BCUT2D eigenvalue weighted by Crippen LogP contribution is -1.99. The summed E-state index contributed by atoms with van der Waals surface area (Å²) in [5.74, 6) is -1.00. The zero-order valence-electron chi connectivity index (χ0n) is 10.2. The van der Waals surface area contributed by atoms with E-state index < -0.39 is 5.97 Å². The van der Waals surface area contributed by atoms with E-state index in [9.17, 15) is 4.79 Å². The normalized spacial score (nSPS) is 10.3. The number of nitrogens with zero attached hydrogens (tertiary/aromatic N) is 1. The molecule has 0 spiro atoms. The highest BCUT2D eigenvalue weighted by Crippen LogP contribution is 2.27. The van der Waals surface area contributed by atoms with Crippen LogP contribution in [0.25, 0.3) is 0 Å². The summed E-state index contributed by atoms with van der Waals surface area (Å²) in [4.78, 5) is 16.0. The molecule has 0 amide bonds. The van der Waals surface area contributed by atoms with Crippen molar-refractivity contribution in [2.45, 2.75) is 23.8 Å². The van der Waals surface area contributed by atoms with E-state index in [2.05, 4.69) is 31.0 Å². The number of carboxylic acid groups (broad SMARTS) is 1. The van der Waals surface area contributed by atoms with Crippen LogP contribution in [0.15, 0.2) is 46.3 Å². The van der Waals surface area contributed by atoms with E-state index in [-0.39, 0.29) is 5.69 Å². The van der Waals surface area contributed by atoms with E-state index in [0.29, 0.717) is 5.03 Å². The molecule has 4 heteroatoms.